The van der Waals surface area contributed by atoms with E-state index in [9.17, 15) is 32.3 Å². The Morgan fingerprint density at radius 3 is 2.49 bits per heavy atom. The molecular formula is C22H18F4N4O5. The van der Waals surface area contributed by atoms with Crippen molar-refractivity contribution >= 4 is 11.8 Å². The fourth-order valence-corrected chi connectivity index (χ4v) is 3.57. The van der Waals surface area contributed by atoms with E-state index in [1.807, 2.05) is 5.32 Å². The van der Waals surface area contributed by atoms with Crippen LogP contribution in [0.1, 0.15) is 28.7 Å². The predicted molar refractivity (Wildman–Crippen MR) is 110 cm³/mol. The molecular weight excluding hydrogens is 476 g/mol. The van der Waals surface area contributed by atoms with Crippen LogP contribution in [0.4, 0.5) is 17.6 Å². The molecule has 0 saturated carbocycles. The van der Waals surface area contributed by atoms with Crippen LogP contribution in [0.15, 0.2) is 47.1 Å². The van der Waals surface area contributed by atoms with Gasteiger partial charge in [0.1, 0.15) is 29.3 Å². The highest BCUT2D eigenvalue weighted by molar-refractivity contribution is 5.91. The van der Waals surface area contributed by atoms with E-state index < -0.39 is 47.1 Å². The first-order chi connectivity index (χ1) is 16.4. The Balaban J connectivity index is 1.87. The number of pyridine rings is 1. The minimum atomic E-state index is -5.33. The van der Waals surface area contributed by atoms with Crippen molar-refractivity contribution in [3.05, 3.63) is 65.4 Å². The van der Waals surface area contributed by atoms with Crippen molar-refractivity contribution in [2.45, 2.75) is 24.1 Å². The van der Waals surface area contributed by atoms with Crippen molar-refractivity contribution in [1.82, 2.24) is 15.5 Å². The molecule has 0 radical (unpaired) electrons. The fraction of sp³-hybridized carbons (Fsp3) is 0.273. The van der Waals surface area contributed by atoms with Crippen LogP contribution < -0.4 is 15.8 Å². The number of benzene rings is 1. The van der Waals surface area contributed by atoms with Gasteiger partial charge in [-0.25, -0.2) is 9.37 Å². The number of carbonyl (C=O) groups excluding carboxylic acids is 2. The monoisotopic (exact) mass is 494 g/mol. The molecule has 2 atom stereocenters. The molecule has 0 aliphatic carbocycles. The topological polar surface area (TPSA) is 141 Å². The third-order valence-electron chi connectivity index (χ3n) is 5.79. The van der Waals surface area contributed by atoms with Gasteiger partial charge in [-0.15, -0.1) is 0 Å². The lowest BCUT2D eigenvalue weighted by atomic mass is 9.81. The fourth-order valence-electron chi connectivity index (χ4n) is 3.57. The quantitative estimate of drug-likeness (QED) is 0.446. The highest BCUT2D eigenvalue weighted by Gasteiger charge is 2.57. The second-order valence-electron chi connectivity index (χ2n) is 8.14. The SMILES string of the molecule is C[C@]1(C(N)=O)COc2c1cc(C(O)(CNC(=O)c1ccno1)C(F)(F)F)nc2-c1ccc(F)cc1. The third-order valence-corrected chi connectivity index (χ3v) is 5.79. The lowest BCUT2D eigenvalue weighted by Gasteiger charge is -2.31. The first-order valence-corrected chi connectivity index (χ1v) is 10.1. The van der Waals surface area contributed by atoms with Gasteiger partial charge in [-0.05, 0) is 37.3 Å². The molecule has 4 N–H and O–H groups in total. The van der Waals surface area contributed by atoms with Crippen molar-refractivity contribution in [2.24, 2.45) is 5.73 Å². The van der Waals surface area contributed by atoms with Gasteiger partial charge in [-0.3, -0.25) is 9.59 Å². The summed E-state index contributed by atoms with van der Waals surface area (Å²) in [6, 6.07) is 6.62. The van der Waals surface area contributed by atoms with Gasteiger partial charge in [0, 0.05) is 17.2 Å². The van der Waals surface area contributed by atoms with E-state index in [0.29, 0.717) is 0 Å². The van der Waals surface area contributed by atoms with Crippen LogP contribution >= 0.6 is 0 Å². The van der Waals surface area contributed by atoms with Crippen LogP contribution in [0.2, 0.25) is 0 Å². The molecule has 0 fully saturated rings. The molecule has 4 rings (SSSR count). The van der Waals surface area contributed by atoms with Crippen LogP contribution in [0.3, 0.4) is 0 Å². The number of hydrogen-bond acceptors (Lipinski definition) is 7. The second-order valence-corrected chi connectivity index (χ2v) is 8.14. The van der Waals surface area contributed by atoms with E-state index in [0.717, 1.165) is 30.5 Å². The maximum absolute atomic E-state index is 14.2. The smallest absolute Gasteiger partial charge is 0.424 e. The van der Waals surface area contributed by atoms with Crippen LogP contribution in [-0.4, -0.2) is 46.4 Å². The van der Waals surface area contributed by atoms with E-state index in [1.165, 1.54) is 19.1 Å². The number of amides is 2. The largest absolute Gasteiger partial charge is 0.489 e. The van der Waals surface area contributed by atoms with Crippen LogP contribution in [0.5, 0.6) is 5.75 Å². The molecule has 0 spiro atoms. The van der Waals surface area contributed by atoms with Crippen molar-refractivity contribution in [3.8, 4) is 17.0 Å². The van der Waals surface area contributed by atoms with Gasteiger partial charge in [0.15, 0.2) is 0 Å². The number of nitrogens with one attached hydrogen (secondary N) is 1. The van der Waals surface area contributed by atoms with Gasteiger partial charge < -0.3 is 25.4 Å². The average Bonchev–Trinajstić information content (AvgIpc) is 3.46. The van der Waals surface area contributed by atoms with Gasteiger partial charge >= 0.3 is 6.18 Å². The van der Waals surface area contributed by atoms with Crippen LogP contribution in [0, 0.1) is 5.82 Å². The molecule has 0 saturated heterocycles. The molecule has 2 amide bonds. The molecule has 1 unspecified atom stereocenters. The summed E-state index contributed by atoms with van der Waals surface area (Å²) in [4.78, 5) is 28.3. The zero-order valence-electron chi connectivity index (χ0n) is 18.0. The molecule has 184 valence electrons. The van der Waals surface area contributed by atoms with E-state index in [-0.39, 0.29) is 34.9 Å². The van der Waals surface area contributed by atoms with Crippen LogP contribution in [0.25, 0.3) is 11.3 Å². The number of fused-ring (bicyclic) bond motifs is 1. The zero-order chi connectivity index (χ0) is 25.6. The Kier molecular flexibility index (Phi) is 5.75. The Bertz CT molecular complexity index is 1280. The van der Waals surface area contributed by atoms with Crippen LogP contribution in [-0.2, 0) is 15.8 Å². The average molecular weight is 494 g/mol. The summed E-state index contributed by atoms with van der Waals surface area (Å²) in [5.74, 6) is -2.95. The molecule has 9 nitrogen and oxygen atoms in total. The summed E-state index contributed by atoms with van der Waals surface area (Å²) in [6.45, 7) is -0.264. The maximum Gasteiger partial charge on any atom is 0.424 e. The number of halogens is 4. The van der Waals surface area contributed by atoms with Gasteiger partial charge in [0.2, 0.25) is 17.3 Å². The van der Waals surface area contributed by atoms with Gasteiger partial charge in [0.05, 0.1) is 18.4 Å². The molecule has 13 heteroatoms. The van der Waals surface area contributed by atoms with Crippen molar-refractivity contribution in [1.29, 1.82) is 0 Å². The standard InChI is InChI=1S/C22H18F4N4O5/c1-20(19(27)32)10-34-17-13(20)8-15(30-16(17)11-2-4-12(23)5-3-11)21(33,22(24,25)26)9-28-18(31)14-6-7-29-35-14/h2-8,33H,9-10H2,1H3,(H2,27,32)(H,28,31)/t20-,21?/m0/s1. The number of carbonyl (C=O) groups is 2. The first kappa shape index (κ1) is 24.1. The summed E-state index contributed by atoms with van der Waals surface area (Å²) in [5, 5.41) is 16.1. The first-order valence-electron chi connectivity index (χ1n) is 10.1. The van der Waals surface area contributed by atoms with Crippen molar-refractivity contribution in [3.63, 3.8) is 0 Å². The minimum absolute atomic E-state index is 0.0307. The van der Waals surface area contributed by atoms with Gasteiger partial charge in [-0.2, -0.15) is 13.2 Å². The molecule has 1 aromatic carbocycles. The lowest BCUT2D eigenvalue weighted by molar-refractivity contribution is -0.265. The van der Waals surface area contributed by atoms with E-state index >= 15 is 0 Å². The molecule has 1 aliphatic rings. The predicted octanol–water partition coefficient (Wildman–Crippen LogP) is 2.19. The lowest BCUT2D eigenvalue weighted by Crippen LogP contribution is -2.51. The summed E-state index contributed by atoms with van der Waals surface area (Å²) in [6.07, 6.45) is -4.21. The minimum Gasteiger partial charge on any atom is -0.489 e. The molecule has 3 heterocycles. The summed E-state index contributed by atoms with van der Waals surface area (Å²) < 4.78 is 66.3. The summed E-state index contributed by atoms with van der Waals surface area (Å²) in [7, 11) is 0. The van der Waals surface area contributed by atoms with Crippen molar-refractivity contribution < 1.29 is 41.5 Å². The normalized spacial score (nSPS) is 18.9. The Hall–Kier alpha value is -4.00. The highest BCUT2D eigenvalue weighted by atomic mass is 19.4. The molecule has 1 aliphatic heterocycles. The summed E-state index contributed by atoms with van der Waals surface area (Å²) >= 11 is 0. The number of nitrogens with two attached hydrogens (primary N) is 1. The molecule has 0 bridgehead atoms. The molecule has 2 aromatic heterocycles. The Labute approximate surface area is 194 Å². The second kappa shape index (κ2) is 8.34. The number of alkyl halides is 3. The van der Waals surface area contributed by atoms with E-state index in [4.69, 9.17) is 10.5 Å². The van der Waals surface area contributed by atoms with E-state index in [2.05, 4.69) is 14.7 Å². The van der Waals surface area contributed by atoms with E-state index in [1.54, 1.807) is 0 Å². The number of hydrogen-bond donors (Lipinski definition) is 3. The number of aromatic nitrogens is 2. The number of aliphatic hydroxyl groups is 1. The molecule has 3 aromatic rings. The van der Waals surface area contributed by atoms with Crippen molar-refractivity contribution in [2.75, 3.05) is 13.2 Å². The number of rotatable bonds is 6. The number of ether oxygens (including phenoxy) is 1. The maximum atomic E-state index is 14.2. The molecule has 35 heavy (non-hydrogen) atoms. The number of primary amides is 1. The highest BCUT2D eigenvalue weighted by Crippen LogP contribution is 2.47. The number of nitrogens with zero attached hydrogens (tertiary/aromatic N) is 2. The zero-order valence-corrected chi connectivity index (χ0v) is 18.0. The Morgan fingerprint density at radius 2 is 1.91 bits per heavy atom. The summed E-state index contributed by atoms with van der Waals surface area (Å²) in [5.41, 5.74) is -0.727. The van der Waals surface area contributed by atoms with Gasteiger partial charge in [-0.1, -0.05) is 5.16 Å². The third kappa shape index (κ3) is 4.07. The van der Waals surface area contributed by atoms with Gasteiger partial charge in [0.25, 0.3) is 5.91 Å². The Morgan fingerprint density at radius 1 is 1.23 bits per heavy atom.